The number of pyridine rings is 2. The van der Waals surface area contributed by atoms with Crippen molar-refractivity contribution in [2.75, 3.05) is 25.1 Å². The second-order valence-corrected chi connectivity index (χ2v) is 14.4. The quantitative estimate of drug-likeness (QED) is 0.146. The lowest BCUT2D eigenvalue weighted by Gasteiger charge is -2.23. The van der Waals surface area contributed by atoms with Crippen molar-refractivity contribution in [2.24, 2.45) is 0 Å². The minimum absolute atomic E-state index is 0.214. The first kappa shape index (κ1) is 31.0. The number of hydrogen-bond donors (Lipinski definition) is 8. The lowest BCUT2D eigenvalue weighted by molar-refractivity contribution is 0.268. The van der Waals surface area contributed by atoms with Gasteiger partial charge in [0.25, 0.3) is 0 Å². The van der Waals surface area contributed by atoms with Crippen LogP contribution in [-0.2, 0) is 31.3 Å². The van der Waals surface area contributed by atoms with Gasteiger partial charge in [0.15, 0.2) is 0 Å². The molecular weight excluding hydrogens is 564 g/mol. The van der Waals surface area contributed by atoms with E-state index in [2.05, 4.69) is 9.97 Å². The maximum absolute atomic E-state index is 11.4. The number of hydrogen-bond acceptors (Lipinski definition) is 8. The Morgan fingerprint density at radius 3 is 1.06 bits per heavy atom. The average molecular weight is 590 g/mol. The molecule has 0 aliphatic heterocycles. The molecule has 0 aliphatic rings. The monoisotopic (exact) mass is 590 g/mol. The molecule has 2 aromatic heterocycles. The van der Waals surface area contributed by atoms with E-state index < -0.39 is 55.5 Å². The molecule has 36 heavy (non-hydrogen) atoms. The van der Waals surface area contributed by atoms with E-state index >= 15 is 0 Å². The Hall–Kier alpha value is -1.18. The van der Waals surface area contributed by atoms with E-state index in [1.807, 2.05) is 0 Å². The summed E-state index contributed by atoms with van der Waals surface area (Å²) in [6.07, 6.45) is -3.64. The van der Waals surface area contributed by atoms with E-state index in [0.29, 0.717) is 0 Å². The standard InChI is InChI=1S/C16H26N4O12P4/c21-33(22,23)9-19(10-34(24,25)26)7-13-3-1-5-15(17-13)16-6-2-4-14(18-16)8-20(11-35(27,28)29)12-36(30,31)32/h1-6H,7-12H2,(H2,21,22,23)(H2,24,25,26)(H2,27,28,29)(H2,30,31,32). The van der Waals surface area contributed by atoms with Gasteiger partial charge in [0.2, 0.25) is 0 Å². The first-order chi connectivity index (χ1) is 16.3. The minimum Gasteiger partial charge on any atom is -0.324 e. The summed E-state index contributed by atoms with van der Waals surface area (Å²) < 4.78 is 45.5. The zero-order valence-corrected chi connectivity index (χ0v) is 22.1. The van der Waals surface area contributed by atoms with Crippen LogP contribution in [0.5, 0.6) is 0 Å². The van der Waals surface area contributed by atoms with Gasteiger partial charge >= 0.3 is 30.4 Å². The van der Waals surface area contributed by atoms with Gasteiger partial charge in [-0.2, -0.15) is 0 Å². The van der Waals surface area contributed by atoms with Crippen molar-refractivity contribution in [1.82, 2.24) is 19.8 Å². The molecule has 20 heteroatoms. The second-order valence-electron chi connectivity index (χ2n) is 7.91. The summed E-state index contributed by atoms with van der Waals surface area (Å²) in [5.74, 6) is 0. The van der Waals surface area contributed by atoms with Gasteiger partial charge in [-0.1, -0.05) is 12.1 Å². The Balaban J connectivity index is 2.29. The van der Waals surface area contributed by atoms with E-state index in [9.17, 15) is 57.4 Å². The van der Waals surface area contributed by atoms with Crippen LogP contribution in [0.4, 0.5) is 0 Å². The molecule has 0 aromatic carbocycles. The van der Waals surface area contributed by atoms with Gasteiger partial charge in [0.1, 0.15) is 25.1 Å². The third kappa shape index (κ3) is 12.9. The average Bonchev–Trinajstić information content (AvgIpc) is 2.63. The number of aromatic nitrogens is 2. The van der Waals surface area contributed by atoms with Crippen LogP contribution >= 0.6 is 30.4 Å². The summed E-state index contributed by atoms with van der Waals surface area (Å²) in [4.78, 5) is 84.2. The van der Waals surface area contributed by atoms with E-state index in [-0.39, 0.29) is 35.9 Å². The van der Waals surface area contributed by atoms with Crippen molar-refractivity contribution in [1.29, 1.82) is 0 Å². The zero-order valence-electron chi connectivity index (χ0n) is 18.5. The van der Waals surface area contributed by atoms with Gasteiger partial charge in [-0.3, -0.25) is 28.1 Å². The number of nitrogens with zero attached hydrogens (tertiary/aromatic N) is 4. The fourth-order valence-electron chi connectivity index (χ4n) is 3.21. The molecule has 0 saturated carbocycles. The van der Waals surface area contributed by atoms with Gasteiger partial charge in [0, 0.05) is 13.1 Å². The molecule has 0 aliphatic carbocycles. The molecule has 0 unspecified atom stereocenters. The molecular formula is C16H26N4O12P4. The highest BCUT2D eigenvalue weighted by atomic mass is 31.2. The van der Waals surface area contributed by atoms with E-state index in [0.717, 1.165) is 9.80 Å². The Kier molecular flexibility index (Phi) is 10.5. The van der Waals surface area contributed by atoms with Crippen LogP contribution in [0.2, 0.25) is 0 Å². The predicted molar refractivity (Wildman–Crippen MR) is 126 cm³/mol. The topological polar surface area (TPSA) is 262 Å². The fourth-order valence-corrected chi connectivity index (χ4v) is 6.41. The second kappa shape index (κ2) is 12.1. The molecule has 0 amide bonds. The van der Waals surface area contributed by atoms with E-state index in [1.165, 1.54) is 36.4 Å². The molecule has 0 spiro atoms. The summed E-state index contributed by atoms with van der Waals surface area (Å²) in [5, 5.41) is 0. The third-order valence-corrected chi connectivity index (χ3v) is 7.26. The zero-order chi connectivity index (χ0) is 27.4. The van der Waals surface area contributed by atoms with E-state index in [4.69, 9.17) is 0 Å². The van der Waals surface area contributed by atoms with Crippen molar-refractivity contribution < 1.29 is 57.4 Å². The Labute approximate surface area is 205 Å². The van der Waals surface area contributed by atoms with Crippen molar-refractivity contribution in [3.63, 3.8) is 0 Å². The Morgan fingerprint density at radius 1 is 0.528 bits per heavy atom. The van der Waals surface area contributed by atoms with Crippen LogP contribution < -0.4 is 0 Å². The Bertz CT molecular complexity index is 1100. The summed E-state index contributed by atoms with van der Waals surface area (Å²) >= 11 is 0. The first-order valence-corrected chi connectivity index (χ1v) is 17.0. The molecule has 2 rings (SSSR count). The summed E-state index contributed by atoms with van der Waals surface area (Å²) in [7, 11) is -18.6. The third-order valence-electron chi connectivity index (χ3n) is 4.18. The van der Waals surface area contributed by atoms with Crippen LogP contribution in [-0.4, -0.2) is 84.1 Å². The molecule has 0 fully saturated rings. The summed E-state index contributed by atoms with van der Waals surface area (Å²) in [5.41, 5.74) is 0.953. The van der Waals surface area contributed by atoms with Gasteiger partial charge < -0.3 is 39.1 Å². The first-order valence-electron chi connectivity index (χ1n) is 9.83. The van der Waals surface area contributed by atoms with Crippen LogP contribution in [0.1, 0.15) is 11.4 Å². The maximum atomic E-state index is 11.4. The molecule has 0 radical (unpaired) electrons. The van der Waals surface area contributed by atoms with Crippen LogP contribution in [0.25, 0.3) is 11.4 Å². The molecule has 0 saturated heterocycles. The summed E-state index contributed by atoms with van der Waals surface area (Å²) in [6.45, 7) is -0.607. The highest BCUT2D eigenvalue weighted by Crippen LogP contribution is 2.42. The van der Waals surface area contributed by atoms with Crippen molar-refractivity contribution in [2.45, 2.75) is 13.1 Å². The van der Waals surface area contributed by atoms with Gasteiger partial charge in [-0.05, 0) is 24.3 Å². The Morgan fingerprint density at radius 2 is 0.806 bits per heavy atom. The lowest BCUT2D eigenvalue weighted by Crippen LogP contribution is -2.26. The smallest absolute Gasteiger partial charge is 0.324 e. The SMILES string of the molecule is O=P(O)(O)CN(Cc1cccc(-c2cccc(CN(CP(=O)(O)O)CP(=O)(O)O)n2)n1)CP(=O)(O)O. The highest BCUT2D eigenvalue weighted by Gasteiger charge is 2.27. The molecule has 2 heterocycles. The largest absolute Gasteiger partial charge is 0.339 e. The van der Waals surface area contributed by atoms with E-state index in [1.54, 1.807) is 0 Å². The van der Waals surface area contributed by atoms with Crippen molar-refractivity contribution in [3.8, 4) is 11.4 Å². The van der Waals surface area contributed by atoms with Crippen LogP contribution in [0, 0.1) is 0 Å². The minimum atomic E-state index is -4.64. The van der Waals surface area contributed by atoms with Gasteiger partial charge in [-0.15, -0.1) is 0 Å². The molecule has 0 bridgehead atoms. The van der Waals surface area contributed by atoms with Crippen molar-refractivity contribution in [3.05, 3.63) is 47.8 Å². The van der Waals surface area contributed by atoms with Gasteiger partial charge in [0.05, 0.1) is 22.8 Å². The maximum Gasteiger partial charge on any atom is 0.339 e. The molecule has 202 valence electrons. The molecule has 0 atom stereocenters. The van der Waals surface area contributed by atoms with Gasteiger partial charge in [-0.25, -0.2) is 9.97 Å². The van der Waals surface area contributed by atoms with Crippen molar-refractivity contribution >= 4 is 30.4 Å². The summed E-state index contributed by atoms with van der Waals surface area (Å²) in [6, 6.07) is 9.09. The predicted octanol–water partition coefficient (Wildman–Crippen LogP) is 0.288. The lowest BCUT2D eigenvalue weighted by atomic mass is 10.2. The normalized spacial score (nSPS) is 13.5. The molecule has 8 N–H and O–H groups in total. The van der Waals surface area contributed by atoms with Crippen LogP contribution in [0.15, 0.2) is 36.4 Å². The number of rotatable bonds is 13. The molecule has 2 aromatic rings. The highest BCUT2D eigenvalue weighted by molar-refractivity contribution is 7.53. The van der Waals surface area contributed by atoms with Crippen LogP contribution in [0.3, 0.4) is 0 Å². The fraction of sp³-hybridized carbons (Fsp3) is 0.375. The molecule has 16 nitrogen and oxygen atoms in total.